The fraction of sp³-hybridized carbons (Fsp3) is 0.571. The zero-order chi connectivity index (χ0) is 14.7. The number of aryl methyl sites for hydroxylation is 1. The summed E-state index contributed by atoms with van der Waals surface area (Å²) in [7, 11) is 0. The van der Waals surface area contributed by atoms with Gasteiger partial charge in [-0.1, -0.05) is 6.92 Å². The van der Waals surface area contributed by atoms with Crippen LogP contribution < -0.4 is 11.1 Å². The van der Waals surface area contributed by atoms with Crippen molar-refractivity contribution in [3.05, 3.63) is 16.0 Å². The number of ether oxygens (including phenoxy) is 1. The number of nitrogens with one attached hydrogen (secondary N) is 1. The van der Waals surface area contributed by atoms with E-state index in [0.717, 1.165) is 24.8 Å². The van der Waals surface area contributed by atoms with Gasteiger partial charge in [0.05, 0.1) is 18.7 Å². The summed E-state index contributed by atoms with van der Waals surface area (Å²) in [5.74, 6) is -0.328. The van der Waals surface area contributed by atoms with E-state index >= 15 is 0 Å². The second-order valence-electron chi connectivity index (χ2n) is 4.91. The highest BCUT2D eigenvalue weighted by molar-refractivity contribution is 7.17. The molecule has 5 nitrogen and oxygen atoms in total. The summed E-state index contributed by atoms with van der Waals surface area (Å²) in [6.07, 6.45) is 3.12. The number of amides is 1. The van der Waals surface area contributed by atoms with Gasteiger partial charge in [-0.2, -0.15) is 0 Å². The number of hydrogen-bond acceptors (Lipinski definition) is 5. The van der Waals surface area contributed by atoms with E-state index in [1.54, 1.807) is 6.92 Å². The van der Waals surface area contributed by atoms with Crippen LogP contribution >= 0.6 is 11.3 Å². The first-order valence-electron chi connectivity index (χ1n) is 6.91. The summed E-state index contributed by atoms with van der Waals surface area (Å²) in [5, 5.41) is 3.31. The largest absolute Gasteiger partial charge is 0.462 e. The van der Waals surface area contributed by atoms with E-state index in [1.165, 1.54) is 16.2 Å². The maximum atomic E-state index is 12.2. The van der Waals surface area contributed by atoms with E-state index in [9.17, 15) is 9.59 Å². The Hall–Kier alpha value is -1.40. The number of fused-ring (bicyclic) bond motifs is 1. The summed E-state index contributed by atoms with van der Waals surface area (Å²) in [4.78, 5) is 24.9. The minimum atomic E-state index is -0.355. The molecule has 0 fully saturated rings. The molecule has 1 aliphatic carbocycles. The lowest BCUT2D eigenvalue weighted by atomic mass is 9.86. The van der Waals surface area contributed by atoms with Crippen LogP contribution in [-0.2, 0) is 16.0 Å². The summed E-state index contributed by atoms with van der Waals surface area (Å²) >= 11 is 1.48. The van der Waals surface area contributed by atoms with Gasteiger partial charge in [0.1, 0.15) is 5.00 Å². The molecule has 1 unspecified atom stereocenters. The highest BCUT2D eigenvalue weighted by Gasteiger charge is 2.30. The van der Waals surface area contributed by atoms with Crippen LogP contribution in [-0.4, -0.2) is 25.0 Å². The molecule has 1 aliphatic rings. The van der Waals surface area contributed by atoms with Crippen molar-refractivity contribution in [2.45, 2.75) is 39.0 Å². The molecule has 20 heavy (non-hydrogen) atoms. The molecule has 6 heteroatoms. The van der Waals surface area contributed by atoms with Gasteiger partial charge in [-0.25, -0.2) is 4.79 Å². The Bertz CT molecular complexity index is 525. The molecule has 110 valence electrons. The molecule has 0 spiro atoms. The Labute approximate surface area is 122 Å². The van der Waals surface area contributed by atoms with Crippen molar-refractivity contribution in [2.75, 3.05) is 18.5 Å². The Morgan fingerprint density at radius 1 is 1.50 bits per heavy atom. The summed E-state index contributed by atoms with van der Waals surface area (Å²) in [6.45, 7) is 4.11. The van der Waals surface area contributed by atoms with Crippen LogP contribution in [0.4, 0.5) is 5.00 Å². The Morgan fingerprint density at radius 2 is 2.25 bits per heavy atom. The fourth-order valence-electron chi connectivity index (χ4n) is 2.58. The topological polar surface area (TPSA) is 81.4 Å². The number of rotatable bonds is 4. The fourth-order valence-corrected chi connectivity index (χ4v) is 3.95. The van der Waals surface area contributed by atoms with Gasteiger partial charge >= 0.3 is 5.97 Å². The van der Waals surface area contributed by atoms with E-state index in [-0.39, 0.29) is 18.4 Å². The maximum Gasteiger partial charge on any atom is 0.341 e. The number of esters is 1. The van der Waals surface area contributed by atoms with Crippen LogP contribution in [0.2, 0.25) is 0 Å². The molecule has 1 aromatic heterocycles. The van der Waals surface area contributed by atoms with E-state index in [0.29, 0.717) is 23.1 Å². The predicted octanol–water partition coefficient (Wildman–Crippen LogP) is 2.26. The van der Waals surface area contributed by atoms with Gasteiger partial charge in [0, 0.05) is 4.88 Å². The zero-order valence-corrected chi connectivity index (χ0v) is 12.6. The first-order chi connectivity index (χ1) is 9.58. The summed E-state index contributed by atoms with van der Waals surface area (Å²) < 4.78 is 5.14. The zero-order valence-electron chi connectivity index (χ0n) is 11.8. The van der Waals surface area contributed by atoms with Gasteiger partial charge in [0.15, 0.2) is 0 Å². The molecular formula is C14H20N2O3S. The molecule has 1 aromatic rings. The lowest BCUT2D eigenvalue weighted by Crippen LogP contribution is -2.23. The van der Waals surface area contributed by atoms with Gasteiger partial charge < -0.3 is 15.8 Å². The van der Waals surface area contributed by atoms with Crippen LogP contribution in [0.5, 0.6) is 0 Å². The van der Waals surface area contributed by atoms with E-state index in [1.807, 2.05) is 0 Å². The highest BCUT2D eigenvalue weighted by Crippen LogP contribution is 2.43. The molecule has 0 saturated carbocycles. The number of carbonyl (C=O) groups is 2. The summed E-state index contributed by atoms with van der Waals surface area (Å²) in [6, 6.07) is 0. The van der Waals surface area contributed by atoms with Crippen molar-refractivity contribution >= 4 is 28.2 Å². The van der Waals surface area contributed by atoms with Crippen molar-refractivity contribution in [3.63, 3.8) is 0 Å². The normalized spacial score (nSPS) is 17.4. The highest BCUT2D eigenvalue weighted by atomic mass is 32.1. The molecule has 0 aliphatic heterocycles. The first-order valence-corrected chi connectivity index (χ1v) is 7.72. The number of thiophene rings is 1. The van der Waals surface area contributed by atoms with Crippen molar-refractivity contribution < 1.29 is 14.3 Å². The lowest BCUT2D eigenvalue weighted by molar-refractivity contribution is -0.114. The molecule has 1 heterocycles. The standard InChI is InChI=1S/C14H20N2O3S/c1-3-19-14(18)12-11-8(2)5-4-6-9(11)20-13(12)16-10(17)7-15/h8H,3-7,15H2,1-2H3,(H,16,17). The third-order valence-corrected chi connectivity index (χ3v) is 4.65. The molecule has 0 bridgehead atoms. The Morgan fingerprint density at radius 3 is 2.90 bits per heavy atom. The third-order valence-electron chi connectivity index (χ3n) is 3.47. The number of nitrogens with two attached hydrogens (primary N) is 1. The molecule has 2 rings (SSSR count). The van der Waals surface area contributed by atoms with Gasteiger partial charge in [0.25, 0.3) is 0 Å². The molecule has 0 saturated heterocycles. The number of hydrogen-bond donors (Lipinski definition) is 2. The van der Waals surface area contributed by atoms with Gasteiger partial charge in [-0.3, -0.25) is 4.79 Å². The van der Waals surface area contributed by atoms with Crippen molar-refractivity contribution in [1.29, 1.82) is 0 Å². The quantitative estimate of drug-likeness (QED) is 0.835. The van der Waals surface area contributed by atoms with Crippen molar-refractivity contribution in [2.24, 2.45) is 5.73 Å². The summed E-state index contributed by atoms with van der Waals surface area (Å²) in [5.41, 5.74) is 6.91. The minimum absolute atomic E-state index is 0.0968. The minimum Gasteiger partial charge on any atom is -0.462 e. The van der Waals surface area contributed by atoms with E-state index in [2.05, 4.69) is 12.2 Å². The number of carbonyl (C=O) groups excluding carboxylic acids is 2. The van der Waals surface area contributed by atoms with Crippen LogP contribution in [0, 0.1) is 0 Å². The number of anilines is 1. The third kappa shape index (κ3) is 2.86. The molecular weight excluding hydrogens is 276 g/mol. The lowest BCUT2D eigenvalue weighted by Gasteiger charge is -2.19. The average Bonchev–Trinajstić information content (AvgIpc) is 2.78. The molecule has 0 radical (unpaired) electrons. The predicted molar refractivity (Wildman–Crippen MR) is 79.3 cm³/mol. The molecule has 1 atom stereocenters. The molecule has 0 aromatic carbocycles. The molecule has 1 amide bonds. The van der Waals surface area contributed by atoms with Gasteiger partial charge in [-0.05, 0) is 37.7 Å². The van der Waals surface area contributed by atoms with Crippen LogP contribution in [0.1, 0.15) is 53.4 Å². The Kier molecular flexibility index (Phi) is 4.77. The van der Waals surface area contributed by atoms with Crippen LogP contribution in [0.15, 0.2) is 0 Å². The van der Waals surface area contributed by atoms with Crippen LogP contribution in [0.3, 0.4) is 0 Å². The average molecular weight is 296 g/mol. The smallest absolute Gasteiger partial charge is 0.341 e. The van der Waals surface area contributed by atoms with Crippen molar-refractivity contribution in [1.82, 2.24) is 0 Å². The van der Waals surface area contributed by atoms with Crippen LogP contribution in [0.25, 0.3) is 0 Å². The van der Waals surface area contributed by atoms with E-state index < -0.39 is 0 Å². The molecule has 3 N–H and O–H groups in total. The van der Waals surface area contributed by atoms with Crippen molar-refractivity contribution in [3.8, 4) is 0 Å². The maximum absolute atomic E-state index is 12.2. The van der Waals surface area contributed by atoms with Gasteiger partial charge in [0.2, 0.25) is 5.91 Å². The monoisotopic (exact) mass is 296 g/mol. The first kappa shape index (κ1) is 15.0. The SMILES string of the molecule is CCOC(=O)c1c(NC(=O)CN)sc2c1C(C)CCC2. The van der Waals surface area contributed by atoms with Gasteiger partial charge in [-0.15, -0.1) is 11.3 Å². The second-order valence-corrected chi connectivity index (χ2v) is 6.01. The second kappa shape index (κ2) is 6.37. The Balaban J connectivity index is 2.45. The van der Waals surface area contributed by atoms with E-state index in [4.69, 9.17) is 10.5 Å².